The normalized spacial score (nSPS) is 10.9. The number of hydrogen-bond acceptors (Lipinski definition) is 2. The highest BCUT2D eigenvalue weighted by atomic mass is 16.2. The van der Waals surface area contributed by atoms with Gasteiger partial charge in [0.2, 0.25) is 5.91 Å². The van der Waals surface area contributed by atoms with Gasteiger partial charge in [0.05, 0.1) is 6.54 Å². The van der Waals surface area contributed by atoms with Crippen molar-refractivity contribution in [3.05, 3.63) is 36.0 Å². The summed E-state index contributed by atoms with van der Waals surface area (Å²) in [5.41, 5.74) is 1.49. The Balaban J connectivity index is 1.99. The minimum Gasteiger partial charge on any atom is -0.361 e. The van der Waals surface area contributed by atoms with Gasteiger partial charge in [-0.1, -0.05) is 19.9 Å². The van der Waals surface area contributed by atoms with Crippen LogP contribution in [0.25, 0.3) is 10.9 Å². The Hall–Kier alpha value is -2.30. The molecule has 0 aliphatic rings. The van der Waals surface area contributed by atoms with Gasteiger partial charge >= 0.3 is 0 Å². The van der Waals surface area contributed by atoms with E-state index in [1.807, 2.05) is 32.2 Å². The minimum atomic E-state index is -0.161. The fourth-order valence-electron chi connectivity index (χ4n) is 2.06. The number of amides is 2. The van der Waals surface area contributed by atoms with Crippen molar-refractivity contribution in [3.8, 4) is 0 Å². The van der Waals surface area contributed by atoms with Crippen LogP contribution < -0.4 is 5.32 Å². The number of nitrogens with one attached hydrogen (secondary N) is 2. The molecule has 5 heteroatoms. The van der Waals surface area contributed by atoms with Gasteiger partial charge in [-0.15, -0.1) is 0 Å². The van der Waals surface area contributed by atoms with E-state index in [1.54, 1.807) is 19.2 Å². The van der Waals surface area contributed by atoms with Crippen LogP contribution in [0.2, 0.25) is 0 Å². The van der Waals surface area contributed by atoms with Gasteiger partial charge in [0.1, 0.15) is 0 Å². The topological polar surface area (TPSA) is 65.2 Å². The van der Waals surface area contributed by atoms with Gasteiger partial charge in [0.25, 0.3) is 5.91 Å². The lowest BCUT2D eigenvalue weighted by Crippen LogP contribution is -2.39. The zero-order valence-electron chi connectivity index (χ0n) is 12.6. The zero-order chi connectivity index (χ0) is 15.4. The Morgan fingerprint density at radius 1 is 1.29 bits per heavy atom. The molecule has 0 saturated heterocycles. The lowest BCUT2D eigenvalue weighted by Gasteiger charge is -2.17. The maximum Gasteiger partial charge on any atom is 0.254 e. The number of fused-ring (bicyclic) bond motifs is 1. The van der Waals surface area contributed by atoms with Crippen molar-refractivity contribution in [1.29, 1.82) is 0 Å². The van der Waals surface area contributed by atoms with Crippen molar-refractivity contribution in [2.24, 2.45) is 5.92 Å². The number of aromatic nitrogens is 1. The first-order valence-electron chi connectivity index (χ1n) is 7.06. The minimum absolute atomic E-state index is 0.0638. The second kappa shape index (κ2) is 6.43. The van der Waals surface area contributed by atoms with Gasteiger partial charge in [-0.2, -0.15) is 0 Å². The van der Waals surface area contributed by atoms with E-state index in [4.69, 9.17) is 0 Å². The van der Waals surface area contributed by atoms with E-state index < -0.39 is 0 Å². The molecule has 112 valence electrons. The molecule has 0 radical (unpaired) electrons. The number of carbonyl (C=O) groups excluding carboxylic acids is 2. The van der Waals surface area contributed by atoms with E-state index in [-0.39, 0.29) is 18.4 Å². The highest BCUT2D eigenvalue weighted by Gasteiger charge is 2.15. The van der Waals surface area contributed by atoms with Gasteiger partial charge in [-0.05, 0) is 29.5 Å². The fourth-order valence-corrected chi connectivity index (χ4v) is 2.06. The summed E-state index contributed by atoms with van der Waals surface area (Å²) in [6.07, 6.45) is 1.84. The van der Waals surface area contributed by atoms with Gasteiger partial charge < -0.3 is 15.2 Å². The van der Waals surface area contributed by atoms with E-state index >= 15 is 0 Å². The third-order valence-corrected chi connectivity index (χ3v) is 3.24. The molecule has 0 aliphatic heterocycles. The monoisotopic (exact) mass is 287 g/mol. The molecule has 2 aromatic rings. The standard InChI is InChI=1S/C16H21N3O2/c1-11(2)9-18-15(20)10-19(3)16(21)13-5-4-12-6-7-17-14(12)8-13/h4-8,11,17H,9-10H2,1-3H3,(H,18,20). The van der Waals surface area contributed by atoms with Gasteiger partial charge in [0.15, 0.2) is 0 Å². The van der Waals surface area contributed by atoms with Crippen LogP contribution in [0.3, 0.4) is 0 Å². The lowest BCUT2D eigenvalue weighted by molar-refractivity contribution is -0.121. The van der Waals surface area contributed by atoms with Crippen molar-refractivity contribution >= 4 is 22.7 Å². The second-order valence-electron chi connectivity index (χ2n) is 5.64. The van der Waals surface area contributed by atoms with Crippen LogP contribution >= 0.6 is 0 Å². The maximum atomic E-state index is 12.3. The molecule has 5 nitrogen and oxygen atoms in total. The molecular formula is C16H21N3O2. The summed E-state index contributed by atoms with van der Waals surface area (Å²) in [4.78, 5) is 28.6. The third kappa shape index (κ3) is 3.84. The lowest BCUT2D eigenvalue weighted by atomic mass is 10.1. The van der Waals surface area contributed by atoms with Crippen LogP contribution in [0.5, 0.6) is 0 Å². The predicted octanol–water partition coefficient (Wildman–Crippen LogP) is 2.01. The highest BCUT2D eigenvalue weighted by Crippen LogP contribution is 2.15. The van der Waals surface area contributed by atoms with Crippen molar-refractivity contribution in [1.82, 2.24) is 15.2 Å². The van der Waals surface area contributed by atoms with Crippen LogP contribution in [0, 0.1) is 5.92 Å². The van der Waals surface area contributed by atoms with Crippen molar-refractivity contribution in [2.75, 3.05) is 20.1 Å². The maximum absolute atomic E-state index is 12.3. The summed E-state index contributed by atoms with van der Waals surface area (Å²) in [6.45, 7) is 4.74. The molecule has 0 atom stereocenters. The molecule has 2 N–H and O–H groups in total. The Labute approximate surface area is 124 Å². The van der Waals surface area contributed by atoms with Crippen LogP contribution in [0.1, 0.15) is 24.2 Å². The molecule has 2 rings (SSSR count). The molecule has 1 aromatic carbocycles. The van der Waals surface area contributed by atoms with E-state index in [9.17, 15) is 9.59 Å². The number of benzene rings is 1. The molecule has 21 heavy (non-hydrogen) atoms. The molecule has 2 amide bonds. The number of likely N-dealkylation sites (N-methyl/N-ethyl adjacent to an activating group) is 1. The predicted molar refractivity (Wildman–Crippen MR) is 83.1 cm³/mol. The summed E-state index contributed by atoms with van der Waals surface area (Å²) in [7, 11) is 1.64. The molecule has 0 saturated carbocycles. The number of carbonyl (C=O) groups is 2. The van der Waals surface area contributed by atoms with Crippen LogP contribution in [-0.4, -0.2) is 41.8 Å². The van der Waals surface area contributed by atoms with Crippen molar-refractivity contribution in [3.63, 3.8) is 0 Å². The van der Waals surface area contributed by atoms with Gasteiger partial charge in [-0.3, -0.25) is 9.59 Å². The summed E-state index contributed by atoms with van der Waals surface area (Å²) in [6, 6.07) is 7.43. The molecule has 0 unspecified atom stereocenters. The Morgan fingerprint density at radius 3 is 2.76 bits per heavy atom. The quantitative estimate of drug-likeness (QED) is 0.883. The number of rotatable bonds is 5. The Bertz CT molecular complexity index is 646. The first-order valence-corrected chi connectivity index (χ1v) is 7.06. The smallest absolute Gasteiger partial charge is 0.254 e. The number of aromatic amines is 1. The van der Waals surface area contributed by atoms with Crippen molar-refractivity contribution in [2.45, 2.75) is 13.8 Å². The molecule has 1 aromatic heterocycles. The molecule has 0 fully saturated rings. The highest BCUT2D eigenvalue weighted by molar-refractivity contribution is 5.99. The molecule has 1 heterocycles. The largest absolute Gasteiger partial charge is 0.361 e. The third-order valence-electron chi connectivity index (χ3n) is 3.24. The van der Waals surface area contributed by atoms with Crippen LogP contribution in [0.4, 0.5) is 0 Å². The Kier molecular flexibility index (Phi) is 4.62. The summed E-state index contributed by atoms with van der Waals surface area (Å²) in [5, 5.41) is 3.86. The number of hydrogen-bond donors (Lipinski definition) is 2. The van der Waals surface area contributed by atoms with E-state index in [2.05, 4.69) is 10.3 Å². The van der Waals surface area contributed by atoms with Gasteiger partial charge in [0, 0.05) is 30.9 Å². The van der Waals surface area contributed by atoms with Crippen LogP contribution in [0.15, 0.2) is 30.5 Å². The molecular weight excluding hydrogens is 266 g/mol. The van der Waals surface area contributed by atoms with Crippen LogP contribution in [-0.2, 0) is 4.79 Å². The second-order valence-corrected chi connectivity index (χ2v) is 5.64. The molecule has 0 spiro atoms. The fraction of sp³-hybridized carbons (Fsp3) is 0.375. The summed E-state index contributed by atoms with van der Waals surface area (Å²) in [5.74, 6) is 0.0944. The van der Waals surface area contributed by atoms with Crippen molar-refractivity contribution < 1.29 is 9.59 Å². The summed E-state index contributed by atoms with van der Waals surface area (Å²) >= 11 is 0. The Morgan fingerprint density at radius 2 is 2.05 bits per heavy atom. The first kappa shape index (κ1) is 15.1. The van der Waals surface area contributed by atoms with E-state index in [0.717, 1.165) is 10.9 Å². The molecule has 0 aliphatic carbocycles. The molecule has 0 bridgehead atoms. The van der Waals surface area contributed by atoms with Gasteiger partial charge in [-0.25, -0.2) is 0 Å². The number of H-pyrrole nitrogens is 1. The zero-order valence-corrected chi connectivity index (χ0v) is 12.6. The van der Waals surface area contributed by atoms with E-state index in [1.165, 1.54) is 4.90 Å². The average Bonchev–Trinajstić information content (AvgIpc) is 2.91. The first-order chi connectivity index (χ1) is 9.97. The SMILES string of the molecule is CC(C)CNC(=O)CN(C)C(=O)c1ccc2cc[nH]c2c1. The average molecular weight is 287 g/mol. The number of nitrogens with zero attached hydrogens (tertiary/aromatic N) is 1. The summed E-state index contributed by atoms with van der Waals surface area (Å²) < 4.78 is 0. The van der Waals surface area contributed by atoms with E-state index in [0.29, 0.717) is 18.0 Å².